The van der Waals surface area contributed by atoms with Gasteiger partial charge in [-0.1, -0.05) is 12.1 Å². The van der Waals surface area contributed by atoms with Crippen LogP contribution in [0.15, 0.2) is 41.0 Å². The fourth-order valence-electron chi connectivity index (χ4n) is 4.60. The molecule has 1 aliphatic heterocycles. The molecule has 0 saturated heterocycles. The van der Waals surface area contributed by atoms with Gasteiger partial charge in [0.15, 0.2) is 11.4 Å². The molecule has 0 amide bonds. The summed E-state index contributed by atoms with van der Waals surface area (Å²) in [5.41, 5.74) is 3.41. The van der Waals surface area contributed by atoms with Crippen LogP contribution in [0.5, 0.6) is 0 Å². The number of carbonyl (C=O) groups is 1. The molecule has 1 fully saturated rings. The van der Waals surface area contributed by atoms with Gasteiger partial charge in [-0.25, -0.2) is 4.98 Å². The Kier molecular flexibility index (Phi) is 3.21. The van der Waals surface area contributed by atoms with Crippen molar-refractivity contribution in [1.29, 1.82) is 0 Å². The Labute approximate surface area is 150 Å². The van der Waals surface area contributed by atoms with E-state index in [1.165, 1.54) is 14.2 Å². The number of rotatable bonds is 3. The van der Waals surface area contributed by atoms with E-state index in [-0.39, 0.29) is 17.8 Å². The van der Waals surface area contributed by atoms with Crippen LogP contribution in [0.4, 0.5) is 0 Å². The minimum absolute atomic E-state index is 0.0127. The first-order valence-corrected chi connectivity index (χ1v) is 8.65. The summed E-state index contributed by atoms with van der Waals surface area (Å²) in [5, 5.41) is 0. The fourth-order valence-corrected chi connectivity index (χ4v) is 4.60. The number of methoxy groups -OCH3 is 2. The number of allylic oxidation sites excluding steroid dienone is 1. The van der Waals surface area contributed by atoms with E-state index >= 15 is 0 Å². The zero-order valence-corrected chi connectivity index (χ0v) is 14.8. The molecule has 4 atom stereocenters. The molecule has 134 valence electrons. The number of fused-ring (bicyclic) bond motifs is 2. The first-order chi connectivity index (χ1) is 12.6. The average Bonchev–Trinajstić information content (AvgIpc) is 3.29. The summed E-state index contributed by atoms with van der Waals surface area (Å²) < 4.78 is 23.1. The van der Waals surface area contributed by atoms with Gasteiger partial charge in [0, 0.05) is 25.7 Å². The number of benzene rings is 1. The van der Waals surface area contributed by atoms with E-state index in [0.29, 0.717) is 11.5 Å². The Morgan fingerprint density at radius 3 is 2.81 bits per heavy atom. The van der Waals surface area contributed by atoms with Crippen LogP contribution in [0.1, 0.15) is 11.5 Å². The molecule has 0 N–H and O–H groups in total. The second kappa shape index (κ2) is 5.28. The lowest BCUT2D eigenvalue weighted by Crippen LogP contribution is -2.65. The molecule has 26 heavy (non-hydrogen) atoms. The number of aryl methyl sites for hydroxylation is 1. The molecule has 6 heteroatoms. The van der Waals surface area contributed by atoms with Gasteiger partial charge in [0.2, 0.25) is 11.7 Å². The number of nitrogens with zero attached hydrogens (tertiary/aromatic N) is 1. The first-order valence-electron chi connectivity index (χ1n) is 8.65. The summed E-state index contributed by atoms with van der Waals surface area (Å²) in [7, 11) is 2.99. The highest BCUT2D eigenvalue weighted by atomic mass is 16.7. The number of Topliss-reactive ketones (excluding diaryl/α,β-unsaturated/α-hetero) is 1. The van der Waals surface area contributed by atoms with Gasteiger partial charge in [-0.2, -0.15) is 0 Å². The van der Waals surface area contributed by atoms with Crippen molar-refractivity contribution in [2.24, 2.45) is 17.8 Å². The molecule has 1 aromatic heterocycles. The minimum atomic E-state index is -1.39. The Hall–Kier alpha value is -2.44. The van der Waals surface area contributed by atoms with Crippen molar-refractivity contribution in [3.63, 3.8) is 0 Å². The number of hydrogen-bond acceptors (Lipinski definition) is 6. The molecule has 2 heterocycles. The van der Waals surface area contributed by atoms with Crippen molar-refractivity contribution in [3.8, 4) is 0 Å². The fraction of sp³-hybridized carbons (Fsp3) is 0.400. The van der Waals surface area contributed by atoms with Gasteiger partial charge in [0.1, 0.15) is 11.6 Å². The largest absolute Gasteiger partial charge is 0.497 e. The lowest BCUT2D eigenvalue weighted by Gasteiger charge is -2.51. The Bertz CT molecular complexity index is 968. The smallest absolute Gasteiger partial charge is 0.240 e. The topological polar surface area (TPSA) is 70.8 Å². The molecule has 2 aromatic rings. The molecule has 0 spiro atoms. The maximum atomic E-state index is 13.1. The standard InChI is InChI=1S/C20H19NO5/c1-10-4-5-15-14(8-10)21-19(26-15)13-9-12-11-6-7-25-17(11)16(13)20(23-2,24-3)18(12)22/h4-9,11-12,16-17H,1-3H3/t11-,12+,16-,17-/m0/s1. The molecule has 3 aliphatic carbocycles. The molecule has 4 aliphatic rings. The van der Waals surface area contributed by atoms with Gasteiger partial charge in [0.25, 0.3) is 0 Å². The third kappa shape index (κ3) is 1.83. The van der Waals surface area contributed by atoms with Gasteiger partial charge >= 0.3 is 0 Å². The quantitative estimate of drug-likeness (QED) is 0.790. The molecule has 0 unspecified atom stereocenters. The number of hydrogen-bond donors (Lipinski definition) is 0. The van der Waals surface area contributed by atoms with Crippen molar-refractivity contribution in [3.05, 3.63) is 48.1 Å². The Balaban J connectivity index is 1.70. The molecule has 6 nitrogen and oxygen atoms in total. The van der Waals surface area contributed by atoms with Crippen LogP contribution in [-0.2, 0) is 19.0 Å². The van der Waals surface area contributed by atoms with Gasteiger partial charge < -0.3 is 18.6 Å². The SMILES string of the molecule is COC1(OC)C(=O)[C@@H]2C=C(c3nc4cc(C)ccc4o3)[C@H]1[C@H]1OC=C[C@H]12. The second-order valence-corrected chi connectivity index (χ2v) is 7.06. The number of carbonyl (C=O) groups excluding carboxylic acids is 1. The van der Waals surface area contributed by atoms with Crippen LogP contribution in [0.2, 0.25) is 0 Å². The van der Waals surface area contributed by atoms with Crippen molar-refractivity contribution in [2.75, 3.05) is 14.2 Å². The molecule has 1 saturated carbocycles. The van der Waals surface area contributed by atoms with E-state index in [2.05, 4.69) is 4.98 Å². The minimum Gasteiger partial charge on any atom is -0.497 e. The van der Waals surface area contributed by atoms with Crippen molar-refractivity contribution in [1.82, 2.24) is 4.98 Å². The Morgan fingerprint density at radius 2 is 2.04 bits per heavy atom. The lowest BCUT2D eigenvalue weighted by atomic mass is 9.60. The van der Waals surface area contributed by atoms with Crippen molar-refractivity contribution in [2.45, 2.75) is 18.8 Å². The normalized spacial score (nSPS) is 31.2. The summed E-state index contributed by atoms with van der Waals surface area (Å²) in [6.07, 6.45) is 5.31. The molecule has 2 bridgehead atoms. The zero-order valence-electron chi connectivity index (χ0n) is 14.8. The zero-order chi connectivity index (χ0) is 18.1. The molecule has 1 aromatic carbocycles. The third-order valence-corrected chi connectivity index (χ3v) is 5.81. The van der Waals surface area contributed by atoms with Crippen LogP contribution >= 0.6 is 0 Å². The predicted molar refractivity (Wildman–Crippen MR) is 93.0 cm³/mol. The van der Waals surface area contributed by atoms with E-state index < -0.39 is 17.6 Å². The first kappa shape index (κ1) is 15.8. The van der Waals surface area contributed by atoms with Gasteiger partial charge in [-0.15, -0.1) is 0 Å². The number of ether oxygens (including phenoxy) is 3. The van der Waals surface area contributed by atoms with Gasteiger partial charge in [-0.3, -0.25) is 4.79 Å². The molecule has 6 rings (SSSR count). The average molecular weight is 353 g/mol. The molecular weight excluding hydrogens is 334 g/mol. The van der Waals surface area contributed by atoms with Crippen LogP contribution in [0.3, 0.4) is 0 Å². The van der Waals surface area contributed by atoms with E-state index in [9.17, 15) is 4.79 Å². The number of ketones is 1. The van der Waals surface area contributed by atoms with Gasteiger partial charge in [0.05, 0.1) is 18.1 Å². The van der Waals surface area contributed by atoms with E-state index in [1.807, 2.05) is 37.3 Å². The van der Waals surface area contributed by atoms with Crippen molar-refractivity contribution < 1.29 is 23.4 Å². The molecule has 0 radical (unpaired) electrons. The van der Waals surface area contributed by atoms with Crippen LogP contribution in [0, 0.1) is 24.7 Å². The van der Waals surface area contributed by atoms with E-state index in [1.54, 1.807) is 6.26 Å². The summed E-state index contributed by atoms with van der Waals surface area (Å²) in [6, 6.07) is 5.87. The highest BCUT2D eigenvalue weighted by Gasteiger charge is 2.66. The summed E-state index contributed by atoms with van der Waals surface area (Å²) in [4.78, 5) is 17.7. The maximum Gasteiger partial charge on any atom is 0.240 e. The van der Waals surface area contributed by atoms with E-state index in [0.717, 1.165) is 16.7 Å². The maximum absolute atomic E-state index is 13.1. The summed E-state index contributed by atoms with van der Waals surface area (Å²) >= 11 is 0. The summed E-state index contributed by atoms with van der Waals surface area (Å²) in [5.74, 6) is -1.85. The van der Waals surface area contributed by atoms with Crippen LogP contribution < -0.4 is 0 Å². The van der Waals surface area contributed by atoms with Crippen LogP contribution in [0.25, 0.3) is 16.7 Å². The monoisotopic (exact) mass is 353 g/mol. The predicted octanol–water partition coefficient (Wildman–Crippen LogP) is 2.87. The highest BCUT2D eigenvalue weighted by Crippen LogP contribution is 2.55. The van der Waals surface area contributed by atoms with Gasteiger partial charge in [-0.05, 0) is 30.7 Å². The highest BCUT2D eigenvalue weighted by molar-refractivity contribution is 5.98. The van der Waals surface area contributed by atoms with Crippen molar-refractivity contribution >= 4 is 22.5 Å². The summed E-state index contributed by atoms with van der Waals surface area (Å²) in [6.45, 7) is 2.01. The van der Waals surface area contributed by atoms with E-state index in [4.69, 9.17) is 18.6 Å². The second-order valence-electron chi connectivity index (χ2n) is 7.06. The number of aromatic nitrogens is 1. The number of oxazole rings is 1. The Morgan fingerprint density at radius 1 is 1.23 bits per heavy atom. The van der Waals surface area contributed by atoms with Crippen LogP contribution in [-0.4, -0.2) is 36.9 Å². The third-order valence-electron chi connectivity index (χ3n) is 5.81. The molecular formula is C20H19NO5. The lowest BCUT2D eigenvalue weighted by molar-refractivity contribution is -0.250.